The van der Waals surface area contributed by atoms with E-state index in [4.69, 9.17) is 4.74 Å². The normalized spacial score (nSPS) is 15.6. The first-order valence-electron chi connectivity index (χ1n) is 8.48. The molecular formula is C20H22N2O3. The van der Waals surface area contributed by atoms with Crippen molar-refractivity contribution in [2.75, 3.05) is 31.1 Å². The van der Waals surface area contributed by atoms with Gasteiger partial charge in [-0.2, -0.15) is 0 Å². The smallest absolute Gasteiger partial charge is 0.263 e. The van der Waals surface area contributed by atoms with Gasteiger partial charge in [-0.25, -0.2) is 0 Å². The summed E-state index contributed by atoms with van der Waals surface area (Å²) in [5.74, 6) is 0.585. The second-order valence-corrected chi connectivity index (χ2v) is 6.09. The van der Waals surface area contributed by atoms with Crippen molar-refractivity contribution in [1.82, 2.24) is 4.90 Å². The number of hydrogen-bond acceptors (Lipinski definition) is 4. The zero-order chi connectivity index (χ0) is 17.6. The highest BCUT2D eigenvalue weighted by Crippen LogP contribution is 2.17. The van der Waals surface area contributed by atoms with Crippen molar-refractivity contribution in [1.29, 1.82) is 0 Å². The zero-order valence-electron chi connectivity index (χ0n) is 14.3. The first-order chi connectivity index (χ1) is 12.2. The van der Waals surface area contributed by atoms with Crippen molar-refractivity contribution in [2.45, 2.75) is 13.0 Å². The minimum atomic E-state index is -0.551. The third kappa shape index (κ3) is 4.18. The summed E-state index contributed by atoms with van der Waals surface area (Å²) in [5.41, 5.74) is 1.78. The van der Waals surface area contributed by atoms with Gasteiger partial charge in [0.15, 0.2) is 6.10 Å². The van der Waals surface area contributed by atoms with Gasteiger partial charge in [-0.1, -0.05) is 18.2 Å². The van der Waals surface area contributed by atoms with E-state index in [9.17, 15) is 9.59 Å². The van der Waals surface area contributed by atoms with Crippen molar-refractivity contribution in [3.8, 4) is 5.75 Å². The van der Waals surface area contributed by atoms with Crippen LogP contribution in [0.2, 0.25) is 0 Å². The lowest BCUT2D eigenvalue weighted by atomic mass is 10.2. The Morgan fingerprint density at radius 2 is 1.64 bits per heavy atom. The van der Waals surface area contributed by atoms with E-state index in [1.54, 1.807) is 31.2 Å². The van der Waals surface area contributed by atoms with Gasteiger partial charge in [0, 0.05) is 37.4 Å². The van der Waals surface area contributed by atoms with Gasteiger partial charge in [0.2, 0.25) is 0 Å². The lowest BCUT2D eigenvalue weighted by Crippen LogP contribution is -2.52. The van der Waals surface area contributed by atoms with Crippen LogP contribution in [-0.4, -0.2) is 49.4 Å². The number of aldehydes is 1. The maximum absolute atomic E-state index is 12.6. The molecule has 1 fully saturated rings. The lowest BCUT2D eigenvalue weighted by Gasteiger charge is -2.37. The number of hydrogen-bond donors (Lipinski definition) is 0. The minimum Gasteiger partial charge on any atom is -0.481 e. The van der Waals surface area contributed by atoms with Crippen molar-refractivity contribution in [3.05, 3.63) is 60.2 Å². The topological polar surface area (TPSA) is 49.9 Å². The average Bonchev–Trinajstić information content (AvgIpc) is 2.69. The Balaban J connectivity index is 1.53. The Hall–Kier alpha value is -2.82. The van der Waals surface area contributed by atoms with E-state index in [1.165, 1.54) is 5.69 Å². The summed E-state index contributed by atoms with van der Waals surface area (Å²) in [5, 5.41) is 0. The Morgan fingerprint density at radius 3 is 2.24 bits per heavy atom. The molecule has 1 aliphatic heterocycles. The Labute approximate surface area is 147 Å². The van der Waals surface area contributed by atoms with Crippen LogP contribution >= 0.6 is 0 Å². The molecule has 1 aliphatic rings. The largest absolute Gasteiger partial charge is 0.481 e. The summed E-state index contributed by atoms with van der Waals surface area (Å²) in [4.78, 5) is 27.4. The van der Waals surface area contributed by atoms with Crippen molar-refractivity contribution in [3.63, 3.8) is 0 Å². The molecule has 130 valence electrons. The van der Waals surface area contributed by atoms with Crippen LogP contribution in [0.1, 0.15) is 17.3 Å². The highest BCUT2D eigenvalue weighted by atomic mass is 16.5. The van der Waals surface area contributed by atoms with E-state index in [0.717, 1.165) is 19.4 Å². The molecule has 0 bridgehead atoms. The number of carbonyl (C=O) groups is 2. The summed E-state index contributed by atoms with van der Waals surface area (Å²) in [6, 6.07) is 17.0. The van der Waals surface area contributed by atoms with E-state index in [-0.39, 0.29) is 5.91 Å². The third-order valence-corrected chi connectivity index (χ3v) is 4.39. The molecule has 1 heterocycles. The van der Waals surface area contributed by atoms with Gasteiger partial charge in [0.25, 0.3) is 5.91 Å². The molecular weight excluding hydrogens is 316 g/mol. The highest BCUT2D eigenvalue weighted by Gasteiger charge is 2.26. The van der Waals surface area contributed by atoms with E-state index < -0.39 is 6.10 Å². The standard InChI is InChI=1S/C20H22N2O3/c1-16(25-19-9-7-17(15-23)8-10-19)20(24)22-13-11-21(12-14-22)18-5-3-2-4-6-18/h2-10,15-16H,11-14H2,1H3. The third-order valence-electron chi connectivity index (χ3n) is 4.39. The maximum Gasteiger partial charge on any atom is 0.263 e. The number of rotatable bonds is 5. The number of ether oxygens (including phenoxy) is 1. The van der Waals surface area contributed by atoms with Gasteiger partial charge in [-0.05, 0) is 43.3 Å². The van der Waals surface area contributed by atoms with Crippen LogP contribution in [0.4, 0.5) is 5.69 Å². The Morgan fingerprint density at radius 1 is 1.00 bits per heavy atom. The molecule has 0 saturated carbocycles. The second-order valence-electron chi connectivity index (χ2n) is 6.09. The molecule has 0 aliphatic carbocycles. The van der Waals surface area contributed by atoms with Gasteiger partial charge < -0.3 is 14.5 Å². The van der Waals surface area contributed by atoms with Gasteiger partial charge in [0.1, 0.15) is 12.0 Å². The molecule has 0 spiro atoms. The van der Waals surface area contributed by atoms with Crippen molar-refractivity contribution >= 4 is 17.9 Å². The molecule has 0 radical (unpaired) electrons. The summed E-state index contributed by atoms with van der Waals surface area (Å²) in [7, 11) is 0. The number of amides is 1. The molecule has 25 heavy (non-hydrogen) atoms. The molecule has 1 saturated heterocycles. The van der Waals surface area contributed by atoms with Crippen LogP contribution in [0, 0.1) is 0 Å². The SMILES string of the molecule is CC(Oc1ccc(C=O)cc1)C(=O)N1CCN(c2ccccc2)CC1. The number of para-hydroxylation sites is 1. The van der Waals surface area contributed by atoms with Crippen molar-refractivity contribution in [2.24, 2.45) is 0 Å². The number of nitrogens with zero attached hydrogens (tertiary/aromatic N) is 2. The van der Waals surface area contributed by atoms with Crippen LogP contribution in [0.15, 0.2) is 54.6 Å². The molecule has 0 N–H and O–H groups in total. The van der Waals surface area contributed by atoms with Crippen LogP contribution in [-0.2, 0) is 4.79 Å². The summed E-state index contributed by atoms with van der Waals surface area (Å²) in [6.45, 7) is 4.77. The average molecular weight is 338 g/mol. The predicted octanol–water partition coefficient (Wildman–Crippen LogP) is 2.62. The van der Waals surface area contributed by atoms with Crippen LogP contribution in [0.25, 0.3) is 0 Å². The minimum absolute atomic E-state index is 0.00724. The number of anilines is 1. The van der Waals surface area contributed by atoms with E-state index in [0.29, 0.717) is 24.4 Å². The molecule has 2 aromatic carbocycles. The Bertz CT molecular complexity index is 707. The fourth-order valence-electron chi connectivity index (χ4n) is 2.96. The zero-order valence-corrected chi connectivity index (χ0v) is 14.3. The lowest BCUT2D eigenvalue weighted by molar-refractivity contribution is -0.138. The van der Waals surface area contributed by atoms with Gasteiger partial charge in [0.05, 0.1) is 0 Å². The Kier molecular flexibility index (Phi) is 5.33. The van der Waals surface area contributed by atoms with Gasteiger partial charge in [-0.3, -0.25) is 9.59 Å². The molecule has 1 atom stereocenters. The molecule has 1 amide bonds. The van der Waals surface area contributed by atoms with Crippen LogP contribution in [0.3, 0.4) is 0 Å². The highest BCUT2D eigenvalue weighted by molar-refractivity contribution is 5.81. The monoisotopic (exact) mass is 338 g/mol. The van der Waals surface area contributed by atoms with Crippen LogP contribution < -0.4 is 9.64 Å². The molecule has 5 heteroatoms. The second kappa shape index (κ2) is 7.83. The van der Waals surface area contributed by atoms with Crippen LogP contribution in [0.5, 0.6) is 5.75 Å². The fourth-order valence-corrected chi connectivity index (χ4v) is 2.96. The molecule has 2 aromatic rings. The molecule has 1 unspecified atom stereocenters. The number of piperazine rings is 1. The van der Waals surface area contributed by atoms with E-state index >= 15 is 0 Å². The molecule has 5 nitrogen and oxygen atoms in total. The number of benzene rings is 2. The number of carbonyl (C=O) groups excluding carboxylic acids is 2. The van der Waals surface area contributed by atoms with E-state index in [2.05, 4.69) is 17.0 Å². The predicted molar refractivity (Wildman–Crippen MR) is 97.2 cm³/mol. The van der Waals surface area contributed by atoms with Gasteiger partial charge >= 0.3 is 0 Å². The quantitative estimate of drug-likeness (QED) is 0.787. The molecule has 3 rings (SSSR count). The maximum atomic E-state index is 12.6. The van der Waals surface area contributed by atoms with E-state index in [1.807, 2.05) is 23.1 Å². The fraction of sp³-hybridized carbons (Fsp3) is 0.300. The first kappa shape index (κ1) is 17.0. The summed E-state index contributed by atoms with van der Waals surface area (Å²) < 4.78 is 5.72. The summed E-state index contributed by atoms with van der Waals surface area (Å²) in [6.07, 6.45) is 0.232. The van der Waals surface area contributed by atoms with Crippen molar-refractivity contribution < 1.29 is 14.3 Å². The summed E-state index contributed by atoms with van der Waals surface area (Å²) >= 11 is 0. The molecule has 0 aromatic heterocycles. The van der Waals surface area contributed by atoms with Gasteiger partial charge in [-0.15, -0.1) is 0 Å². The first-order valence-corrected chi connectivity index (χ1v) is 8.48.